The number of benzene rings is 2. The molecule has 0 atom stereocenters. The maximum Gasteiger partial charge on any atom is 0.227 e. The second-order valence-electron chi connectivity index (χ2n) is 4.01. The first-order chi connectivity index (χ1) is 8.83. The monoisotopic (exact) mass is 236 g/mol. The van der Waals surface area contributed by atoms with Crippen LogP contribution in [0.25, 0.3) is 10.8 Å². The van der Waals surface area contributed by atoms with Gasteiger partial charge in [-0.3, -0.25) is 0 Å². The van der Waals surface area contributed by atoms with Crippen molar-refractivity contribution in [3.05, 3.63) is 60.8 Å². The lowest BCUT2D eigenvalue weighted by Crippen LogP contribution is -1.90. The van der Waals surface area contributed by atoms with E-state index in [1.165, 1.54) is 0 Å². The lowest BCUT2D eigenvalue weighted by molar-refractivity contribution is 0.469. The van der Waals surface area contributed by atoms with Crippen LogP contribution in [0.2, 0.25) is 0 Å². The van der Waals surface area contributed by atoms with E-state index < -0.39 is 0 Å². The van der Waals surface area contributed by atoms with Gasteiger partial charge in [0.25, 0.3) is 0 Å². The van der Waals surface area contributed by atoms with Crippen molar-refractivity contribution < 1.29 is 4.74 Å². The Bertz CT molecular complexity index is 689. The van der Waals surface area contributed by atoms with Crippen LogP contribution in [0, 0.1) is 0 Å². The molecule has 2 N–H and O–H groups in total. The molecule has 1 aromatic heterocycles. The van der Waals surface area contributed by atoms with Gasteiger partial charge in [0, 0.05) is 23.3 Å². The Morgan fingerprint density at radius 2 is 1.83 bits per heavy atom. The maximum atomic E-state index is 5.78. The van der Waals surface area contributed by atoms with E-state index in [1.807, 2.05) is 48.5 Å². The van der Waals surface area contributed by atoms with E-state index in [4.69, 9.17) is 10.5 Å². The van der Waals surface area contributed by atoms with Gasteiger partial charge in [-0.25, -0.2) is 4.98 Å². The van der Waals surface area contributed by atoms with E-state index in [2.05, 4.69) is 4.98 Å². The number of hydrogen-bond acceptors (Lipinski definition) is 3. The molecule has 3 rings (SSSR count). The molecule has 3 nitrogen and oxygen atoms in total. The maximum absolute atomic E-state index is 5.78. The molecule has 0 aliphatic carbocycles. The van der Waals surface area contributed by atoms with Crippen molar-refractivity contribution in [2.24, 2.45) is 0 Å². The zero-order valence-electron chi connectivity index (χ0n) is 9.71. The Kier molecular flexibility index (Phi) is 2.57. The lowest BCUT2D eigenvalue weighted by Gasteiger charge is -2.07. The smallest absolute Gasteiger partial charge is 0.227 e. The zero-order chi connectivity index (χ0) is 12.4. The first kappa shape index (κ1) is 10.6. The summed E-state index contributed by atoms with van der Waals surface area (Å²) in [6.45, 7) is 0. The third kappa shape index (κ3) is 1.98. The minimum absolute atomic E-state index is 0.596. The van der Waals surface area contributed by atoms with Gasteiger partial charge in [0.05, 0.1) is 0 Å². The third-order valence-electron chi connectivity index (χ3n) is 2.71. The van der Waals surface area contributed by atoms with Crippen molar-refractivity contribution in [1.82, 2.24) is 4.98 Å². The van der Waals surface area contributed by atoms with E-state index in [1.54, 1.807) is 12.3 Å². The Hall–Kier alpha value is -2.55. The molecule has 88 valence electrons. The highest BCUT2D eigenvalue weighted by Crippen LogP contribution is 2.28. The van der Waals surface area contributed by atoms with Gasteiger partial charge in [0.2, 0.25) is 5.88 Å². The normalized spacial score (nSPS) is 10.4. The topological polar surface area (TPSA) is 48.1 Å². The quantitative estimate of drug-likeness (QED) is 0.691. The average molecular weight is 236 g/mol. The average Bonchev–Trinajstić information content (AvgIpc) is 2.39. The predicted molar refractivity (Wildman–Crippen MR) is 72.7 cm³/mol. The molecule has 0 saturated heterocycles. The highest BCUT2D eigenvalue weighted by atomic mass is 16.5. The van der Waals surface area contributed by atoms with Crippen LogP contribution >= 0.6 is 0 Å². The molecule has 0 fully saturated rings. The number of ether oxygens (including phenoxy) is 1. The van der Waals surface area contributed by atoms with Crippen LogP contribution in [0.5, 0.6) is 11.6 Å². The number of hydrogen-bond donors (Lipinski definition) is 1. The van der Waals surface area contributed by atoms with Crippen LogP contribution < -0.4 is 10.5 Å². The summed E-state index contributed by atoms with van der Waals surface area (Å²) in [4.78, 5) is 4.27. The first-order valence-corrected chi connectivity index (χ1v) is 5.70. The molecule has 0 unspecified atom stereocenters. The van der Waals surface area contributed by atoms with Crippen LogP contribution in [0.1, 0.15) is 0 Å². The summed E-state index contributed by atoms with van der Waals surface area (Å²) in [6, 6.07) is 17.3. The molecular formula is C15H12N2O. The molecule has 3 aromatic rings. The van der Waals surface area contributed by atoms with Gasteiger partial charge in [-0.2, -0.15) is 0 Å². The molecule has 18 heavy (non-hydrogen) atoms. The third-order valence-corrected chi connectivity index (χ3v) is 2.71. The SMILES string of the molecule is Nc1cccc(Oc2nccc3ccccc23)c1. The second kappa shape index (κ2) is 4.37. The van der Waals surface area contributed by atoms with Gasteiger partial charge < -0.3 is 10.5 Å². The number of pyridine rings is 1. The van der Waals surface area contributed by atoms with Crippen molar-refractivity contribution >= 4 is 16.5 Å². The van der Waals surface area contributed by atoms with Crippen molar-refractivity contribution in [2.45, 2.75) is 0 Å². The molecule has 1 heterocycles. The summed E-state index contributed by atoms with van der Waals surface area (Å²) in [5.41, 5.74) is 6.40. The van der Waals surface area contributed by atoms with E-state index in [0.717, 1.165) is 10.8 Å². The Labute approximate surface area is 105 Å². The molecule has 2 aromatic carbocycles. The Balaban J connectivity index is 2.05. The molecule has 0 amide bonds. The van der Waals surface area contributed by atoms with Crippen molar-refractivity contribution in [3.63, 3.8) is 0 Å². The fourth-order valence-electron chi connectivity index (χ4n) is 1.86. The fraction of sp³-hybridized carbons (Fsp3) is 0. The van der Waals surface area contributed by atoms with Crippen molar-refractivity contribution in [3.8, 4) is 11.6 Å². The summed E-state index contributed by atoms with van der Waals surface area (Å²) in [7, 11) is 0. The zero-order valence-corrected chi connectivity index (χ0v) is 9.71. The molecule has 0 aliphatic rings. The Morgan fingerprint density at radius 1 is 0.944 bits per heavy atom. The van der Waals surface area contributed by atoms with Gasteiger partial charge in [0.15, 0.2) is 0 Å². The second-order valence-corrected chi connectivity index (χ2v) is 4.01. The van der Waals surface area contributed by atoms with Crippen LogP contribution in [0.4, 0.5) is 5.69 Å². The molecular weight excluding hydrogens is 224 g/mol. The number of rotatable bonds is 2. The van der Waals surface area contributed by atoms with E-state index >= 15 is 0 Å². The molecule has 3 heteroatoms. The first-order valence-electron chi connectivity index (χ1n) is 5.70. The highest BCUT2D eigenvalue weighted by Gasteiger charge is 2.04. The van der Waals surface area contributed by atoms with Crippen LogP contribution in [-0.4, -0.2) is 4.98 Å². The molecule has 0 aliphatic heterocycles. The van der Waals surface area contributed by atoms with Crippen LogP contribution in [-0.2, 0) is 0 Å². The van der Waals surface area contributed by atoms with Crippen molar-refractivity contribution in [1.29, 1.82) is 0 Å². The van der Waals surface area contributed by atoms with E-state index in [9.17, 15) is 0 Å². The summed E-state index contributed by atoms with van der Waals surface area (Å²) in [5, 5.41) is 2.09. The number of nitrogens with zero attached hydrogens (tertiary/aromatic N) is 1. The van der Waals surface area contributed by atoms with Gasteiger partial charge in [0.1, 0.15) is 5.75 Å². The number of nitrogens with two attached hydrogens (primary N) is 1. The summed E-state index contributed by atoms with van der Waals surface area (Å²) in [5.74, 6) is 1.29. The number of nitrogen functional groups attached to an aromatic ring is 1. The van der Waals surface area contributed by atoms with Crippen LogP contribution in [0.3, 0.4) is 0 Å². The summed E-state index contributed by atoms with van der Waals surface area (Å²) >= 11 is 0. The van der Waals surface area contributed by atoms with Gasteiger partial charge >= 0.3 is 0 Å². The van der Waals surface area contributed by atoms with E-state index in [0.29, 0.717) is 17.3 Å². The van der Waals surface area contributed by atoms with Crippen LogP contribution in [0.15, 0.2) is 60.8 Å². The van der Waals surface area contributed by atoms with Gasteiger partial charge in [-0.1, -0.05) is 24.3 Å². The largest absolute Gasteiger partial charge is 0.438 e. The fourth-order valence-corrected chi connectivity index (χ4v) is 1.86. The highest BCUT2D eigenvalue weighted by molar-refractivity contribution is 5.86. The molecule has 0 saturated carbocycles. The molecule has 0 spiro atoms. The van der Waals surface area contributed by atoms with Gasteiger partial charge in [-0.15, -0.1) is 0 Å². The van der Waals surface area contributed by atoms with Crippen molar-refractivity contribution in [2.75, 3.05) is 5.73 Å². The van der Waals surface area contributed by atoms with Gasteiger partial charge in [-0.05, 0) is 29.7 Å². The number of aromatic nitrogens is 1. The molecule has 0 radical (unpaired) electrons. The lowest BCUT2D eigenvalue weighted by atomic mass is 10.2. The minimum atomic E-state index is 0.596. The van der Waals surface area contributed by atoms with E-state index in [-0.39, 0.29) is 0 Å². The number of anilines is 1. The number of fused-ring (bicyclic) bond motifs is 1. The molecule has 0 bridgehead atoms. The predicted octanol–water partition coefficient (Wildman–Crippen LogP) is 3.61. The standard InChI is InChI=1S/C15H12N2O/c16-12-5-3-6-13(10-12)18-15-14-7-2-1-4-11(14)8-9-17-15/h1-10H,16H2. The minimum Gasteiger partial charge on any atom is -0.438 e. The summed E-state index contributed by atoms with van der Waals surface area (Å²) < 4.78 is 5.78. The Morgan fingerprint density at radius 3 is 2.72 bits per heavy atom. The summed E-state index contributed by atoms with van der Waals surface area (Å²) in [6.07, 6.45) is 1.74.